The van der Waals surface area contributed by atoms with E-state index in [1.807, 2.05) is 29.1 Å². The Kier molecular flexibility index (Phi) is 4.32. The fraction of sp³-hybridized carbons (Fsp3) is 0.389. The average Bonchev–Trinajstić information content (AvgIpc) is 3.20. The number of aliphatic hydroxyl groups is 1. The number of nitrogens with zero attached hydrogens (tertiary/aromatic N) is 2. The number of aromatic nitrogens is 1. The molecule has 2 heterocycles. The van der Waals surface area contributed by atoms with Gasteiger partial charge in [-0.05, 0) is 57.0 Å². The summed E-state index contributed by atoms with van der Waals surface area (Å²) in [6, 6.07) is 7.68. The van der Waals surface area contributed by atoms with E-state index in [1.165, 1.54) is 6.07 Å². The van der Waals surface area contributed by atoms with Crippen LogP contribution in [0, 0.1) is 5.82 Å². The minimum atomic E-state index is -0.987. The number of likely N-dealkylation sites (tertiary alicyclic amines) is 1. The van der Waals surface area contributed by atoms with Gasteiger partial charge < -0.3 is 19.9 Å². The number of hydrogen-bond acceptors (Lipinski definition) is 2. The van der Waals surface area contributed by atoms with Gasteiger partial charge in [-0.25, -0.2) is 9.18 Å². The lowest BCUT2D eigenvalue weighted by molar-refractivity contribution is 0.0117. The third-order valence-electron chi connectivity index (χ3n) is 4.42. The largest absolute Gasteiger partial charge is 0.388 e. The normalized spacial score (nSPS) is 18.0. The molecule has 6 heteroatoms. The summed E-state index contributed by atoms with van der Waals surface area (Å²) >= 11 is 0. The third-order valence-corrected chi connectivity index (χ3v) is 4.42. The Morgan fingerprint density at radius 3 is 2.71 bits per heavy atom. The number of hydrogen-bond donors (Lipinski definition) is 2. The molecule has 24 heavy (non-hydrogen) atoms. The zero-order chi connectivity index (χ0) is 17.3. The van der Waals surface area contributed by atoms with Crippen LogP contribution in [0.2, 0.25) is 0 Å². The Hall–Kier alpha value is -2.34. The molecule has 1 unspecified atom stereocenters. The van der Waals surface area contributed by atoms with Gasteiger partial charge in [0.1, 0.15) is 5.82 Å². The van der Waals surface area contributed by atoms with E-state index in [0.717, 1.165) is 18.5 Å². The molecule has 0 aliphatic carbocycles. The van der Waals surface area contributed by atoms with E-state index in [4.69, 9.17) is 0 Å². The summed E-state index contributed by atoms with van der Waals surface area (Å²) in [6.45, 7) is 3.94. The molecule has 1 saturated heterocycles. The van der Waals surface area contributed by atoms with Crippen molar-refractivity contribution in [3.05, 3.63) is 48.5 Å². The molecule has 5 nitrogen and oxygen atoms in total. The number of anilines is 1. The number of carbonyl (C=O) groups is 1. The standard InChI is InChI=1S/C18H22FN3O2/c1-18(2,24)16-6-5-11-22(16)17(23)20-15-12-13(7-8-14(15)19)21-9-3-4-10-21/h3-4,7-10,12,16,24H,5-6,11H2,1-2H3,(H,20,23). The first-order chi connectivity index (χ1) is 11.4. The van der Waals surface area contributed by atoms with Gasteiger partial charge in [-0.1, -0.05) is 0 Å². The van der Waals surface area contributed by atoms with Crippen molar-refractivity contribution in [3.63, 3.8) is 0 Å². The van der Waals surface area contributed by atoms with Gasteiger partial charge in [-0.2, -0.15) is 0 Å². The molecule has 1 fully saturated rings. The SMILES string of the molecule is CC(C)(O)C1CCCN1C(=O)Nc1cc(-n2cccc2)ccc1F. The molecule has 0 saturated carbocycles. The van der Waals surface area contributed by atoms with Gasteiger partial charge >= 0.3 is 6.03 Å². The van der Waals surface area contributed by atoms with Crippen LogP contribution >= 0.6 is 0 Å². The van der Waals surface area contributed by atoms with Crippen LogP contribution in [0.3, 0.4) is 0 Å². The molecule has 1 atom stereocenters. The molecular weight excluding hydrogens is 309 g/mol. The van der Waals surface area contributed by atoms with Gasteiger partial charge in [0.25, 0.3) is 0 Å². The van der Waals surface area contributed by atoms with Crippen LogP contribution in [0.25, 0.3) is 5.69 Å². The number of rotatable bonds is 3. The Morgan fingerprint density at radius 2 is 2.04 bits per heavy atom. The topological polar surface area (TPSA) is 57.5 Å². The third kappa shape index (κ3) is 3.28. The summed E-state index contributed by atoms with van der Waals surface area (Å²) < 4.78 is 15.9. The lowest BCUT2D eigenvalue weighted by atomic mass is 9.97. The van der Waals surface area contributed by atoms with Crippen LogP contribution in [0.15, 0.2) is 42.7 Å². The number of benzene rings is 1. The maximum Gasteiger partial charge on any atom is 0.322 e. The van der Waals surface area contributed by atoms with Crippen molar-refractivity contribution in [2.45, 2.75) is 38.3 Å². The zero-order valence-corrected chi connectivity index (χ0v) is 13.9. The summed E-state index contributed by atoms with van der Waals surface area (Å²) in [7, 11) is 0. The molecule has 0 bridgehead atoms. The Balaban J connectivity index is 1.80. The molecule has 2 aromatic rings. The summed E-state index contributed by atoms with van der Waals surface area (Å²) in [5.74, 6) is -0.488. The Labute approximate surface area is 140 Å². The highest BCUT2D eigenvalue weighted by atomic mass is 19.1. The van der Waals surface area contributed by atoms with Gasteiger partial charge in [0.05, 0.1) is 17.3 Å². The highest BCUT2D eigenvalue weighted by Gasteiger charge is 2.38. The van der Waals surface area contributed by atoms with Crippen LogP contribution in [-0.2, 0) is 0 Å². The number of urea groups is 1. The van der Waals surface area contributed by atoms with Gasteiger partial charge in [0.2, 0.25) is 0 Å². The number of carbonyl (C=O) groups excluding carboxylic acids is 1. The van der Waals surface area contributed by atoms with Crippen molar-refractivity contribution in [1.29, 1.82) is 0 Å². The molecule has 128 valence electrons. The highest BCUT2D eigenvalue weighted by Crippen LogP contribution is 2.28. The first kappa shape index (κ1) is 16.5. The van der Waals surface area contributed by atoms with Gasteiger partial charge in [-0.15, -0.1) is 0 Å². The lowest BCUT2D eigenvalue weighted by Gasteiger charge is -2.33. The molecule has 1 aliphatic heterocycles. The monoisotopic (exact) mass is 331 g/mol. The smallest absolute Gasteiger partial charge is 0.322 e. The summed E-state index contributed by atoms with van der Waals surface area (Å²) in [5, 5.41) is 12.9. The predicted octanol–water partition coefficient (Wildman–Crippen LogP) is 3.38. The molecule has 1 aliphatic rings. The molecule has 0 radical (unpaired) electrons. The van der Waals surface area contributed by atoms with Crippen LogP contribution < -0.4 is 5.32 Å². The van der Waals surface area contributed by atoms with E-state index in [-0.39, 0.29) is 17.8 Å². The fourth-order valence-corrected chi connectivity index (χ4v) is 3.21. The van der Waals surface area contributed by atoms with Crippen LogP contribution in [-0.4, -0.2) is 38.8 Å². The van der Waals surface area contributed by atoms with Crippen molar-refractivity contribution < 1.29 is 14.3 Å². The van der Waals surface area contributed by atoms with Crippen molar-refractivity contribution >= 4 is 11.7 Å². The van der Waals surface area contributed by atoms with E-state index >= 15 is 0 Å². The minimum absolute atomic E-state index is 0.132. The fourth-order valence-electron chi connectivity index (χ4n) is 3.21. The Morgan fingerprint density at radius 1 is 1.33 bits per heavy atom. The van der Waals surface area contributed by atoms with Crippen LogP contribution in [0.5, 0.6) is 0 Å². The second-order valence-corrected chi connectivity index (χ2v) is 6.69. The first-order valence-electron chi connectivity index (χ1n) is 8.09. The van der Waals surface area contributed by atoms with Crippen molar-refractivity contribution in [3.8, 4) is 5.69 Å². The lowest BCUT2D eigenvalue weighted by Crippen LogP contribution is -2.49. The van der Waals surface area contributed by atoms with E-state index < -0.39 is 11.4 Å². The second-order valence-electron chi connectivity index (χ2n) is 6.69. The molecule has 0 spiro atoms. The zero-order valence-electron chi connectivity index (χ0n) is 13.9. The number of amides is 2. The quantitative estimate of drug-likeness (QED) is 0.906. The molecule has 2 N–H and O–H groups in total. The van der Waals surface area contributed by atoms with Crippen molar-refractivity contribution in [2.75, 3.05) is 11.9 Å². The van der Waals surface area contributed by atoms with E-state index in [2.05, 4.69) is 5.32 Å². The van der Waals surface area contributed by atoms with Crippen molar-refractivity contribution in [2.24, 2.45) is 0 Å². The van der Waals surface area contributed by atoms with Gasteiger partial charge in [0, 0.05) is 24.6 Å². The van der Waals surface area contributed by atoms with E-state index in [0.29, 0.717) is 6.54 Å². The van der Waals surface area contributed by atoms with E-state index in [1.54, 1.807) is 30.9 Å². The van der Waals surface area contributed by atoms with Gasteiger partial charge in [0.15, 0.2) is 0 Å². The minimum Gasteiger partial charge on any atom is -0.388 e. The molecular formula is C18H22FN3O2. The maximum absolute atomic E-state index is 14.1. The molecule has 1 aromatic heterocycles. The molecule has 1 aromatic carbocycles. The second kappa shape index (κ2) is 6.28. The molecule has 2 amide bonds. The van der Waals surface area contributed by atoms with Gasteiger partial charge in [-0.3, -0.25) is 0 Å². The summed E-state index contributed by atoms with van der Waals surface area (Å²) in [5.41, 5.74) is -0.0934. The Bertz CT molecular complexity index is 722. The predicted molar refractivity (Wildman–Crippen MR) is 90.8 cm³/mol. The maximum atomic E-state index is 14.1. The van der Waals surface area contributed by atoms with E-state index in [9.17, 15) is 14.3 Å². The van der Waals surface area contributed by atoms with Crippen LogP contribution in [0.4, 0.5) is 14.9 Å². The highest BCUT2D eigenvalue weighted by molar-refractivity contribution is 5.90. The number of nitrogens with one attached hydrogen (secondary N) is 1. The first-order valence-corrected chi connectivity index (χ1v) is 8.09. The summed E-state index contributed by atoms with van der Waals surface area (Å²) in [4.78, 5) is 14.1. The van der Waals surface area contributed by atoms with Crippen molar-refractivity contribution in [1.82, 2.24) is 9.47 Å². The molecule has 3 rings (SSSR count). The average molecular weight is 331 g/mol. The summed E-state index contributed by atoms with van der Waals surface area (Å²) in [6.07, 6.45) is 5.27. The van der Waals surface area contributed by atoms with Crippen LogP contribution in [0.1, 0.15) is 26.7 Å². The number of halogens is 1.